The van der Waals surface area contributed by atoms with E-state index in [4.69, 9.17) is 5.73 Å². The third-order valence-corrected chi connectivity index (χ3v) is 3.72. The van der Waals surface area contributed by atoms with Gasteiger partial charge in [0.15, 0.2) is 23.0 Å². The van der Waals surface area contributed by atoms with Crippen molar-refractivity contribution in [2.24, 2.45) is 5.73 Å². The molecule has 25 heavy (non-hydrogen) atoms. The zero-order valence-electron chi connectivity index (χ0n) is 13.7. The first-order valence-corrected chi connectivity index (χ1v) is 7.93. The van der Waals surface area contributed by atoms with E-state index in [9.17, 15) is 14.7 Å². The second-order valence-corrected chi connectivity index (χ2v) is 5.64. The molecule has 9 heteroatoms. The topological polar surface area (TPSA) is 128 Å². The van der Waals surface area contributed by atoms with Crippen LogP contribution in [-0.4, -0.2) is 35.2 Å². The number of amides is 1. The number of nitrogens with zero attached hydrogens (tertiary/aromatic N) is 5. The molecule has 3 N–H and O–H groups in total. The Morgan fingerprint density at radius 1 is 1.40 bits per heavy atom. The average molecular weight is 342 g/mol. The number of aryl methyl sites for hydroxylation is 1. The van der Waals surface area contributed by atoms with Gasteiger partial charge in [0.25, 0.3) is 5.56 Å². The lowest BCUT2D eigenvalue weighted by atomic mass is 10.3. The summed E-state index contributed by atoms with van der Waals surface area (Å²) in [5, 5.41) is 14.1. The number of carbonyl (C=O) groups is 1. The second kappa shape index (κ2) is 6.71. The van der Waals surface area contributed by atoms with Crippen molar-refractivity contribution in [3.05, 3.63) is 40.7 Å². The van der Waals surface area contributed by atoms with Crippen LogP contribution in [0, 0.1) is 0 Å². The summed E-state index contributed by atoms with van der Waals surface area (Å²) in [6.07, 6.45) is 4.56. The van der Waals surface area contributed by atoms with E-state index in [0.29, 0.717) is 12.4 Å². The number of fused-ring (bicyclic) bond motifs is 1. The standard InChI is InChI=1S/C16H18N6O3/c1-2-3-7-22-14(19-13(20-22)8-12(17)24)10-9-18-15-11(23)5-4-6-21(15)16(10)25/h4-6,9,23H,2-3,7-8H2,1H3,(H2,17,24). The molecule has 3 aromatic heterocycles. The van der Waals surface area contributed by atoms with Crippen molar-refractivity contribution in [2.45, 2.75) is 32.7 Å². The van der Waals surface area contributed by atoms with Crippen molar-refractivity contribution in [2.75, 3.05) is 0 Å². The van der Waals surface area contributed by atoms with Crippen molar-refractivity contribution in [3.63, 3.8) is 0 Å². The highest BCUT2D eigenvalue weighted by Crippen LogP contribution is 2.18. The Labute approximate surface area is 142 Å². The molecule has 0 saturated carbocycles. The molecule has 1 amide bonds. The first-order chi connectivity index (χ1) is 12.0. The van der Waals surface area contributed by atoms with Crippen molar-refractivity contribution >= 4 is 11.6 Å². The number of hydrogen-bond acceptors (Lipinski definition) is 6. The van der Waals surface area contributed by atoms with Gasteiger partial charge in [0.05, 0.1) is 6.42 Å². The Kier molecular flexibility index (Phi) is 4.46. The molecule has 0 aromatic carbocycles. The van der Waals surface area contributed by atoms with E-state index in [0.717, 1.165) is 12.8 Å². The molecule has 0 aliphatic carbocycles. The van der Waals surface area contributed by atoms with Crippen LogP contribution in [0.5, 0.6) is 5.75 Å². The molecule has 9 nitrogen and oxygen atoms in total. The maximum Gasteiger partial charge on any atom is 0.269 e. The minimum atomic E-state index is -0.544. The molecular weight excluding hydrogens is 324 g/mol. The number of nitrogens with two attached hydrogens (primary N) is 1. The molecule has 3 aromatic rings. The highest BCUT2D eigenvalue weighted by Gasteiger charge is 2.18. The van der Waals surface area contributed by atoms with Crippen molar-refractivity contribution in [3.8, 4) is 17.1 Å². The van der Waals surface area contributed by atoms with Crippen molar-refractivity contribution in [1.82, 2.24) is 24.1 Å². The molecule has 0 fully saturated rings. The molecule has 0 saturated heterocycles. The van der Waals surface area contributed by atoms with Gasteiger partial charge in [-0.3, -0.25) is 14.0 Å². The Morgan fingerprint density at radius 3 is 2.92 bits per heavy atom. The van der Waals surface area contributed by atoms with Crippen molar-refractivity contribution in [1.29, 1.82) is 0 Å². The molecule has 3 rings (SSSR count). The number of aromatic nitrogens is 5. The highest BCUT2D eigenvalue weighted by atomic mass is 16.3. The Bertz CT molecular complexity index is 991. The van der Waals surface area contributed by atoms with Crippen LogP contribution in [0.15, 0.2) is 29.3 Å². The number of rotatable bonds is 6. The maximum atomic E-state index is 12.8. The van der Waals surface area contributed by atoms with E-state index in [2.05, 4.69) is 15.1 Å². The van der Waals surface area contributed by atoms with E-state index in [1.807, 2.05) is 6.92 Å². The Balaban J connectivity index is 2.16. The lowest BCUT2D eigenvalue weighted by molar-refractivity contribution is -0.117. The van der Waals surface area contributed by atoms with Crippen LogP contribution in [0.25, 0.3) is 17.0 Å². The third-order valence-electron chi connectivity index (χ3n) is 3.72. The Morgan fingerprint density at radius 2 is 2.20 bits per heavy atom. The van der Waals surface area contributed by atoms with Crippen molar-refractivity contribution < 1.29 is 9.90 Å². The van der Waals surface area contributed by atoms with Gasteiger partial charge in [0, 0.05) is 18.9 Å². The lowest BCUT2D eigenvalue weighted by Crippen LogP contribution is -2.18. The predicted octanol–water partition coefficient (Wildman–Crippen LogP) is 0.486. The first kappa shape index (κ1) is 16.6. The molecule has 0 radical (unpaired) electrons. The zero-order chi connectivity index (χ0) is 18.0. The summed E-state index contributed by atoms with van der Waals surface area (Å²) in [7, 11) is 0. The van der Waals surface area contributed by atoms with Gasteiger partial charge in [-0.25, -0.2) is 14.6 Å². The molecule has 0 unspecified atom stereocenters. The summed E-state index contributed by atoms with van der Waals surface area (Å²) in [5.74, 6) is -0.0376. The molecule has 130 valence electrons. The molecule has 0 atom stereocenters. The van der Waals surface area contributed by atoms with Gasteiger partial charge < -0.3 is 10.8 Å². The third kappa shape index (κ3) is 3.21. The van der Waals surface area contributed by atoms with Crippen LogP contribution in [-0.2, 0) is 17.8 Å². The summed E-state index contributed by atoms with van der Waals surface area (Å²) in [6.45, 7) is 2.59. The van der Waals surface area contributed by atoms with E-state index >= 15 is 0 Å². The number of aromatic hydroxyl groups is 1. The van der Waals surface area contributed by atoms with E-state index in [1.165, 1.54) is 22.9 Å². The SMILES string of the molecule is CCCCn1nc(CC(N)=O)nc1-c1cnc2c(O)cccn2c1=O. The van der Waals surface area contributed by atoms with Crippen LogP contribution in [0.4, 0.5) is 0 Å². The summed E-state index contributed by atoms with van der Waals surface area (Å²) < 4.78 is 2.84. The molecule has 0 aliphatic heterocycles. The van der Waals surface area contributed by atoms with Gasteiger partial charge in [-0.1, -0.05) is 13.3 Å². The number of pyridine rings is 1. The molecule has 0 spiro atoms. The van der Waals surface area contributed by atoms with Gasteiger partial charge >= 0.3 is 0 Å². The van der Waals surface area contributed by atoms with E-state index < -0.39 is 5.91 Å². The van der Waals surface area contributed by atoms with Crippen LogP contribution in [0.2, 0.25) is 0 Å². The van der Waals surface area contributed by atoms with Gasteiger partial charge in [-0.05, 0) is 18.6 Å². The minimum absolute atomic E-state index is 0.0898. The number of hydrogen-bond donors (Lipinski definition) is 2. The monoisotopic (exact) mass is 342 g/mol. The molecule has 0 aliphatic rings. The van der Waals surface area contributed by atoms with Crippen LogP contribution < -0.4 is 11.3 Å². The summed E-state index contributed by atoms with van der Waals surface area (Å²) in [4.78, 5) is 32.4. The Hall–Kier alpha value is -3.23. The fraction of sp³-hybridized carbons (Fsp3) is 0.312. The number of carbonyl (C=O) groups excluding carboxylic acids is 1. The summed E-state index contributed by atoms with van der Waals surface area (Å²) >= 11 is 0. The van der Waals surface area contributed by atoms with Crippen LogP contribution >= 0.6 is 0 Å². The van der Waals surface area contributed by atoms with Gasteiger partial charge in [0.1, 0.15) is 5.56 Å². The number of unbranched alkanes of at least 4 members (excludes halogenated alkanes) is 1. The fourth-order valence-electron chi connectivity index (χ4n) is 2.53. The van der Waals surface area contributed by atoms with Gasteiger partial charge in [-0.2, -0.15) is 5.10 Å². The highest BCUT2D eigenvalue weighted by molar-refractivity contribution is 5.75. The zero-order valence-corrected chi connectivity index (χ0v) is 13.7. The lowest BCUT2D eigenvalue weighted by Gasteiger charge is -2.06. The summed E-state index contributed by atoms with van der Waals surface area (Å²) in [5.41, 5.74) is 5.23. The second-order valence-electron chi connectivity index (χ2n) is 5.64. The van der Waals surface area contributed by atoms with Crippen LogP contribution in [0.1, 0.15) is 25.6 Å². The molecular formula is C16H18N6O3. The van der Waals surface area contributed by atoms with Gasteiger partial charge in [-0.15, -0.1) is 0 Å². The smallest absolute Gasteiger partial charge is 0.269 e. The normalized spacial score (nSPS) is 11.1. The summed E-state index contributed by atoms with van der Waals surface area (Å²) in [6, 6.07) is 3.01. The van der Waals surface area contributed by atoms with E-state index in [1.54, 1.807) is 10.7 Å². The quantitative estimate of drug-likeness (QED) is 0.671. The predicted molar refractivity (Wildman–Crippen MR) is 89.9 cm³/mol. The van der Waals surface area contributed by atoms with E-state index in [-0.39, 0.29) is 34.8 Å². The molecule has 0 bridgehead atoms. The first-order valence-electron chi connectivity index (χ1n) is 7.93. The van der Waals surface area contributed by atoms with Crippen LogP contribution in [0.3, 0.4) is 0 Å². The fourth-order valence-corrected chi connectivity index (χ4v) is 2.53. The largest absolute Gasteiger partial charge is 0.504 e. The number of primary amides is 1. The maximum absolute atomic E-state index is 12.8. The minimum Gasteiger partial charge on any atom is -0.504 e. The molecule has 3 heterocycles. The van der Waals surface area contributed by atoms with Gasteiger partial charge in [0.2, 0.25) is 5.91 Å². The average Bonchev–Trinajstić information content (AvgIpc) is 2.95.